The Morgan fingerprint density at radius 2 is 1.85 bits per heavy atom. The topological polar surface area (TPSA) is 62.6 Å². The largest absolute Gasteiger partial charge is 0.293 e. The predicted molar refractivity (Wildman–Crippen MR) is 105 cm³/mol. The van der Waals surface area contributed by atoms with E-state index in [1.54, 1.807) is 36.7 Å². The fourth-order valence-corrected chi connectivity index (χ4v) is 4.02. The summed E-state index contributed by atoms with van der Waals surface area (Å²) in [5.41, 5.74) is 1.27. The fraction of sp³-hybridized carbons (Fsp3) is 0.364. The van der Waals surface area contributed by atoms with Crippen molar-refractivity contribution in [3.8, 4) is 0 Å². The Bertz CT molecular complexity index is 878. The molecule has 1 fully saturated rings. The lowest BCUT2D eigenvalue weighted by Crippen LogP contribution is -2.46. The number of carbonyl (C=O) groups excluding carboxylic acids is 2. The first-order chi connectivity index (χ1) is 13.2. The van der Waals surface area contributed by atoms with Crippen molar-refractivity contribution in [2.45, 2.75) is 44.6 Å². The van der Waals surface area contributed by atoms with E-state index in [2.05, 4.69) is 11.9 Å². The van der Waals surface area contributed by atoms with E-state index in [9.17, 15) is 9.59 Å². The first-order valence-electron chi connectivity index (χ1n) is 9.58. The number of hydrogen-bond donors (Lipinski definition) is 0. The Morgan fingerprint density at radius 1 is 1.07 bits per heavy atom. The van der Waals surface area contributed by atoms with Crippen molar-refractivity contribution in [1.29, 1.82) is 0 Å². The van der Waals surface area contributed by atoms with Gasteiger partial charge < -0.3 is 0 Å². The van der Waals surface area contributed by atoms with Gasteiger partial charge in [-0.3, -0.25) is 14.6 Å². The normalized spacial score (nSPS) is 25.7. The number of benzene rings is 1. The smallest absolute Gasteiger partial charge is 0.266 e. The molecule has 2 aliphatic rings. The molecule has 0 saturated heterocycles. The van der Waals surface area contributed by atoms with Gasteiger partial charge in [-0.25, -0.2) is 9.88 Å². The number of imide groups is 1. The molecular weight excluding hydrogens is 338 g/mol. The Kier molecular flexibility index (Phi) is 4.84. The van der Waals surface area contributed by atoms with Crippen LogP contribution in [-0.2, 0) is 4.79 Å². The van der Waals surface area contributed by atoms with Crippen LogP contribution >= 0.6 is 0 Å². The third-order valence-electron chi connectivity index (χ3n) is 5.59. The fourth-order valence-electron chi connectivity index (χ4n) is 4.02. The van der Waals surface area contributed by atoms with Gasteiger partial charge in [0.25, 0.3) is 5.91 Å². The van der Waals surface area contributed by atoms with E-state index < -0.39 is 5.92 Å². The number of fused-ring (bicyclic) bond motifs is 1. The molecule has 1 aromatic heterocycles. The standard InChI is InChI=1S/C22H23N3O2/c1-15-8-2-5-11-19(15)24-14-18-16-9-3-4-10-17(16)21(26)25(22(18)27)20-12-6-7-13-23-20/h3-4,6-7,9-10,12-15,18-19H,2,5,8,11H2,1H3/t15-,18?,19+/m0/s1. The van der Waals surface area contributed by atoms with Crippen molar-refractivity contribution >= 4 is 23.8 Å². The lowest BCUT2D eigenvalue weighted by atomic mass is 9.85. The molecule has 1 aliphatic heterocycles. The highest BCUT2D eigenvalue weighted by molar-refractivity contribution is 6.28. The van der Waals surface area contributed by atoms with Gasteiger partial charge in [0.1, 0.15) is 5.82 Å². The molecule has 5 heteroatoms. The minimum Gasteiger partial charge on any atom is -0.293 e. The zero-order valence-electron chi connectivity index (χ0n) is 15.4. The highest BCUT2D eigenvalue weighted by Crippen LogP contribution is 2.32. The Balaban J connectivity index is 1.72. The highest BCUT2D eigenvalue weighted by Gasteiger charge is 2.39. The molecule has 3 atom stereocenters. The molecule has 5 nitrogen and oxygen atoms in total. The van der Waals surface area contributed by atoms with Crippen molar-refractivity contribution in [1.82, 2.24) is 4.98 Å². The molecule has 0 spiro atoms. The maximum atomic E-state index is 13.2. The average Bonchev–Trinajstić information content (AvgIpc) is 2.70. The van der Waals surface area contributed by atoms with E-state index in [-0.39, 0.29) is 17.9 Å². The Labute approximate surface area is 159 Å². The molecule has 1 aliphatic carbocycles. The summed E-state index contributed by atoms with van der Waals surface area (Å²) in [6.07, 6.45) is 8.01. The van der Waals surface area contributed by atoms with Crippen LogP contribution in [0.5, 0.6) is 0 Å². The minimum atomic E-state index is -0.560. The van der Waals surface area contributed by atoms with Gasteiger partial charge in [0.05, 0.1) is 12.0 Å². The van der Waals surface area contributed by atoms with Crippen LogP contribution in [-0.4, -0.2) is 29.1 Å². The van der Waals surface area contributed by atoms with Gasteiger partial charge in [-0.05, 0) is 42.5 Å². The molecule has 27 heavy (non-hydrogen) atoms. The number of nitrogens with zero attached hydrogens (tertiary/aromatic N) is 3. The Hall–Kier alpha value is -2.82. The highest BCUT2D eigenvalue weighted by atomic mass is 16.2. The van der Waals surface area contributed by atoms with Crippen LogP contribution in [0.1, 0.15) is 54.4 Å². The van der Waals surface area contributed by atoms with Crippen LogP contribution in [0.3, 0.4) is 0 Å². The van der Waals surface area contributed by atoms with E-state index in [0.717, 1.165) is 12.0 Å². The molecule has 1 saturated carbocycles. The molecule has 2 aromatic rings. The van der Waals surface area contributed by atoms with Crippen molar-refractivity contribution in [3.05, 3.63) is 59.8 Å². The number of anilines is 1. The van der Waals surface area contributed by atoms with Crippen molar-refractivity contribution in [3.63, 3.8) is 0 Å². The van der Waals surface area contributed by atoms with Gasteiger partial charge in [0.2, 0.25) is 5.91 Å². The number of aromatic nitrogens is 1. The van der Waals surface area contributed by atoms with E-state index in [1.165, 1.54) is 24.2 Å². The van der Waals surface area contributed by atoms with Crippen LogP contribution in [0.2, 0.25) is 0 Å². The number of carbonyl (C=O) groups is 2. The van der Waals surface area contributed by atoms with Crippen molar-refractivity contribution in [2.75, 3.05) is 4.90 Å². The van der Waals surface area contributed by atoms with Crippen LogP contribution in [0.15, 0.2) is 53.7 Å². The van der Waals surface area contributed by atoms with Crippen LogP contribution < -0.4 is 4.90 Å². The molecular formula is C22H23N3O2. The van der Waals surface area contributed by atoms with Gasteiger partial charge in [0.15, 0.2) is 0 Å². The molecule has 2 amide bonds. The SMILES string of the molecule is C[C@H]1CCCC[C@H]1N=CC1C(=O)N(c2ccccn2)C(=O)c2ccccc21. The zero-order chi connectivity index (χ0) is 18.8. The molecule has 1 aromatic carbocycles. The Morgan fingerprint density at radius 3 is 2.63 bits per heavy atom. The second-order valence-corrected chi connectivity index (χ2v) is 7.36. The first-order valence-corrected chi connectivity index (χ1v) is 9.58. The molecule has 4 rings (SSSR count). The number of hydrogen-bond acceptors (Lipinski definition) is 4. The minimum absolute atomic E-state index is 0.250. The van der Waals surface area contributed by atoms with E-state index in [4.69, 9.17) is 4.99 Å². The van der Waals surface area contributed by atoms with E-state index in [0.29, 0.717) is 17.3 Å². The van der Waals surface area contributed by atoms with Crippen molar-refractivity contribution in [2.24, 2.45) is 10.9 Å². The zero-order valence-corrected chi connectivity index (χ0v) is 15.4. The molecule has 0 bridgehead atoms. The lowest BCUT2D eigenvalue weighted by Gasteiger charge is -2.31. The van der Waals surface area contributed by atoms with Gasteiger partial charge >= 0.3 is 0 Å². The summed E-state index contributed by atoms with van der Waals surface area (Å²) < 4.78 is 0. The number of aliphatic imine (C=N–C) groups is 1. The summed E-state index contributed by atoms with van der Waals surface area (Å²) >= 11 is 0. The first kappa shape index (κ1) is 17.6. The molecule has 0 N–H and O–H groups in total. The van der Waals surface area contributed by atoms with Gasteiger partial charge in [-0.1, -0.05) is 44.0 Å². The molecule has 138 valence electrons. The predicted octanol–water partition coefficient (Wildman–Crippen LogP) is 4.00. The maximum Gasteiger partial charge on any atom is 0.266 e. The second kappa shape index (κ2) is 7.43. The van der Waals surface area contributed by atoms with Crippen LogP contribution in [0.25, 0.3) is 0 Å². The molecule has 1 unspecified atom stereocenters. The maximum absolute atomic E-state index is 13.2. The van der Waals surface area contributed by atoms with Gasteiger partial charge in [0, 0.05) is 18.0 Å². The summed E-state index contributed by atoms with van der Waals surface area (Å²) in [6.45, 7) is 2.22. The van der Waals surface area contributed by atoms with E-state index >= 15 is 0 Å². The summed E-state index contributed by atoms with van der Waals surface area (Å²) in [4.78, 5) is 36.4. The van der Waals surface area contributed by atoms with Crippen LogP contribution in [0, 0.1) is 5.92 Å². The van der Waals surface area contributed by atoms with Gasteiger partial charge in [-0.2, -0.15) is 0 Å². The summed E-state index contributed by atoms with van der Waals surface area (Å²) in [5.74, 6) is -0.298. The average molecular weight is 361 g/mol. The van der Waals surface area contributed by atoms with Gasteiger partial charge in [-0.15, -0.1) is 0 Å². The molecule has 2 heterocycles. The summed E-state index contributed by atoms with van der Waals surface area (Å²) in [6, 6.07) is 12.8. The quantitative estimate of drug-likeness (QED) is 0.613. The number of rotatable bonds is 3. The van der Waals surface area contributed by atoms with Crippen molar-refractivity contribution < 1.29 is 9.59 Å². The monoisotopic (exact) mass is 361 g/mol. The third kappa shape index (κ3) is 3.29. The summed E-state index contributed by atoms with van der Waals surface area (Å²) in [7, 11) is 0. The van der Waals surface area contributed by atoms with Crippen LogP contribution in [0.4, 0.5) is 5.82 Å². The third-order valence-corrected chi connectivity index (χ3v) is 5.59. The lowest BCUT2D eigenvalue weighted by molar-refractivity contribution is -0.118. The molecule has 0 radical (unpaired) electrons. The number of amides is 2. The second-order valence-electron chi connectivity index (χ2n) is 7.36. The summed E-state index contributed by atoms with van der Waals surface area (Å²) in [5, 5.41) is 0. The number of pyridine rings is 1. The van der Waals surface area contributed by atoms with E-state index in [1.807, 2.05) is 18.2 Å².